The lowest BCUT2D eigenvalue weighted by atomic mass is 10.1. The molecule has 0 aromatic carbocycles. The van der Waals surface area contributed by atoms with Crippen molar-refractivity contribution in [3.05, 3.63) is 60.8 Å². The highest BCUT2D eigenvalue weighted by molar-refractivity contribution is 5.71. The first kappa shape index (κ1) is 57.1. The lowest BCUT2D eigenvalue weighted by molar-refractivity contribution is -0.166. The van der Waals surface area contributed by atoms with Crippen LogP contribution >= 0.6 is 0 Å². The van der Waals surface area contributed by atoms with Crippen molar-refractivity contribution in [3.63, 3.8) is 0 Å². The van der Waals surface area contributed by atoms with Gasteiger partial charge in [0.05, 0.1) is 0 Å². The van der Waals surface area contributed by atoms with Crippen molar-refractivity contribution in [2.45, 2.75) is 252 Å². The maximum absolute atomic E-state index is 12.7. The zero-order valence-electron chi connectivity index (χ0n) is 39.5. The fourth-order valence-corrected chi connectivity index (χ4v) is 6.98. The number of rotatable bonds is 45. The molecule has 0 aliphatic carbocycles. The molecule has 0 aliphatic rings. The van der Waals surface area contributed by atoms with Crippen molar-refractivity contribution >= 4 is 17.9 Å². The molecule has 60 heavy (non-hydrogen) atoms. The third kappa shape index (κ3) is 46.2. The van der Waals surface area contributed by atoms with Gasteiger partial charge in [-0.3, -0.25) is 14.4 Å². The lowest BCUT2D eigenvalue weighted by Crippen LogP contribution is -2.30. The maximum atomic E-state index is 12.7. The zero-order valence-corrected chi connectivity index (χ0v) is 39.5. The van der Waals surface area contributed by atoms with Crippen molar-refractivity contribution in [1.29, 1.82) is 0 Å². The Morgan fingerprint density at radius 3 is 1.08 bits per heavy atom. The number of carbonyl (C=O) groups is 3. The molecule has 0 heterocycles. The number of esters is 3. The Morgan fingerprint density at radius 1 is 0.350 bits per heavy atom. The first-order chi connectivity index (χ1) is 29.5. The van der Waals surface area contributed by atoms with Crippen LogP contribution in [-0.4, -0.2) is 37.2 Å². The molecule has 0 saturated carbocycles. The van der Waals surface area contributed by atoms with Crippen LogP contribution < -0.4 is 0 Å². The quantitative estimate of drug-likeness (QED) is 0.0263. The van der Waals surface area contributed by atoms with E-state index < -0.39 is 6.10 Å². The molecular weight excluding hydrogens is 745 g/mol. The van der Waals surface area contributed by atoms with Gasteiger partial charge < -0.3 is 14.2 Å². The van der Waals surface area contributed by atoms with Gasteiger partial charge in [0.15, 0.2) is 6.10 Å². The first-order valence-electron chi connectivity index (χ1n) is 25.3. The highest BCUT2D eigenvalue weighted by atomic mass is 16.6. The SMILES string of the molecule is CC/C=C\C/C=C\C/C=C\C/C=C\CCC(=O)OC(COC(=O)CCCCCCCCC/C=C\CCCCCCCCC)COC(=O)CCCCCCCCCCCCC. The summed E-state index contributed by atoms with van der Waals surface area (Å²) >= 11 is 0. The molecule has 6 heteroatoms. The number of unbranched alkanes of at least 4 members (excludes halogenated alkanes) is 24. The van der Waals surface area contributed by atoms with Crippen molar-refractivity contribution in [2.75, 3.05) is 13.2 Å². The predicted octanol–water partition coefficient (Wildman–Crippen LogP) is 16.5. The van der Waals surface area contributed by atoms with E-state index in [2.05, 4.69) is 69.4 Å². The summed E-state index contributed by atoms with van der Waals surface area (Å²) in [6.07, 6.45) is 59.3. The lowest BCUT2D eigenvalue weighted by Gasteiger charge is -2.18. The average molecular weight is 839 g/mol. The normalized spacial score (nSPS) is 12.5. The van der Waals surface area contributed by atoms with Gasteiger partial charge in [-0.15, -0.1) is 0 Å². The molecule has 0 radical (unpaired) electrons. The fourth-order valence-electron chi connectivity index (χ4n) is 6.98. The Labute approximate surface area is 370 Å². The Morgan fingerprint density at radius 2 is 0.683 bits per heavy atom. The van der Waals surface area contributed by atoms with Crippen LogP contribution in [0.3, 0.4) is 0 Å². The van der Waals surface area contributed by atoms with E-state index in [1.807, 2.05) is 12.2 Å². The third-order valence-corrected chi connectivity index (χ3v) is 10.8. The maximum Gasteiger partial charge on any atom is 0.306 e. The van der Waals surface area contributed by atoms with Gasteiger partial charge in [-0.2, -0.15) is 0 Å². The summed E-state index contributed by atoms with van der Waals surface area (Å²) in [7, 11) is 0. The van der Waals surface area contributed by atoms with E-state index in [1.54, 1.807) is 0 Å². The summed E-state index contributed by atoms with van der Waals surface area (Å²) < 4.78 is 16.7. The molecule has 0 bridgehead atoms. The summed E-state index contributed by atoms with van der Waals surface area (Å²) in [6, 6.07) is 0. The summed E-state index contributed by atoms with van der Waals surface area (Å²) in [4.78, 5) is 37.8. The monoisotopic (exact) mass is 839 g/mol. The van der Waals surface area contributed by atoms with Gasteiger partial charge in [0.25, 0.3) is 0 Å². The van der Waals surface area contributed by atoms with Crippen molar-refractivity contribution in [2.24, 2.45) is 0 Å². The van der Waals surface area contributed by atoms with Crippen LogP contribution in [0.4, 0.5) is 0 Å². The number of hydrogen-bond donors (Lipinski definition) is 0. The minimum Gasteiger partial charge on any atom is -0.462 e. The fraction of sp³-hybridized carbons (Fsp3) is 0.759. The minimum absolute atomic E-state index is 0.102. The summed E-state index contributed by atoms with van der Waals surface area (Å²) in [5, 5.41) is 0. The van der Waals surface area contributed by atoms with Crippen LogP contribution in [0, 0.1) is 0 Å². The molecular formula is C54H94O6. The molecule has 1 unspecified atom stereocenters. The molecule has 0 aliphatic heterocycles. The molecule has 0 spiro atoms. The van der Waals surface area contributed by atoms with E-state index in [9.17, 15) is 14.4 Å². The van der Waals surface area contributed by atoms with Gasteiger partial charge in [-0.25, -0.2) is 0 Å². The van der Waals surface area contributed by atoms with Gasteiger partial charge in [0.1, 0.15) is 13.2 Å². The number of ether oxygens (including phenoxy) is 3. The Hall–Kier alpha value is -2.89. The zero-order chi connectivity index (χ0) is 43.7. The Balaban J connectivity index is 4.41. The first-order valence-corrected chi connectivity index (χ1v) is 25.3. The van der Waals surface area contributed by atoms with Crippen molar-refractivity contribution in [3.8, 4) is 0 Å². The van der Waals surface area contributed by atoms with E-state index in [1.165, 1.54) is 135 Å². The van der Waals surface area contributed by atoms with Gasteiger partial charge in [0.2, 0.25) is 0 Å². The van der Waals surface area contributed by atoms with Gasteiger partial charge in [0, 0.05) is 19.3 Å². The minimum atomic E-state index is -0.810. The van der Waals surface area contributed by atoms with E-state index >= 15 is 0 Å². The molecule has 0 saturated heterocycles. The number of hydrogen-bond acceptors (Lipinski definition) is 6. The van der Waals surface area contributed by atoms with Crippen LogP contribution in [0.1, 0.15) is 245 Å². The second kappa shape index (κ2) is 48.8. The molecule has 346 valence electrons. The topological polar surface area (TPSA) is 78.9 Å². The van der Waals surface area contributed by atoms with E-state index in [0.717, 1.165) is 64.2 Å². The Kier molecular flexibility index (Phi) is 46.4. The third-order valence-electron chi connectivity index (χ3n) is 10.8. The van der Waals surface area contributed by atoms with Gasteiger partial charge >= 0.3 is 17.9 Å². The second-order valence-electron chi connectivity index (χ2n) is 16.7. The summed E-state index contributed by atoms with van der Waals surface area (Å²) in [5.74, 6) is -0.987. The molecule has 0 N–H and O–H groups in total. The highest BCUT2D eigenvalue weighted by Gasteiger charge is 2.19. The predicted molar refractivity (Wildman–Crippen MR) is 256 cm³/mol. The molecule has 0 aromatic heterocycles. The van der Waals surface area contributed by atoms with E-state index in [4.69, 9.17) is 14.2 Å². The average Bonchev–Trinajstić information content (AvgIpc) is 3.24. The van der Waals surface area contributed by atoms with Crippen molar-refractivity contribution in [1.82, 2.24) is 0 Å². The highest BCUT2D eigenvalue weighted by Crippen LogP contribution is 2.14. The van der Waals surface area contributed by atoms with Crippen LogP contribution in [0.2, 0.25) is 0 Å². The Bertz CT molecular complexity index is 1100. The molecule has 0 fully saturated rings. The van der Waals surface area contributed by atoms with E-state index in [0.29, 0.717) is 19.3 Å². The summed E-state index contributed by atoms with van der Waals surface area (Å²) in [5.41, 5.74) is 0. The molecule has 0 rings (SSSR count). The standard InChI is InChI=1S/C54H94O6/c1-4-7-10-13-16-19-22-24-25-26-27-28-30-32-35-38-41-44-47-53(56)59-50-51(49-58-52(55)46-43-40-37-34-31-21-18-15-12-9-6-3)60-54(57)48-45-42-39-36-33-29-23-20-17-14-11-8-5-2/h8,11,17,20,25-26,29,33,39,42,51H,4-7,9-10,12-16,18-19,21-24,27-28,30-32,34-38,40-41,43-50H2,1-3H3/b11-8-,20-17-,26-25-,33-29-,42-39-. The van der Waals surface area contributed by atoms with Crippen LogP contribution in [0.5, 0.6) is 0 Å². The van der Waals surface area contributed by atoms with Crippen molar-refractivity contribution < 1.29 is 28.6 Å². The number of allylic oxidation sites excluding steroid dienone is 10. The smallest absolute Gasteiger partial charge is 0.306 e. The molecule has 0 amide bonds. The molecule has 6 nitrogen and oxygen atoms in total. The largest absolute Gasteiger partial charge is 0.462 e. The molecule has 1 atom stereocenters. The van der Waals surface area contributed by atoms with Crippen LogP contribution in [-0.2, 0) is 28.6 Å². The van der Waals surface area contributed by atoms with Crippen LogP contribution in [0.25, 0.3) is 0 Å². The summed E-state index contributed by atoms with van der Waals surface area (Å²) in [6.45, 7) is 6.45. The van der Waals surface area contributed by atoms with Gasteiger partial charge in [-0.05, 0) is 70.6 Å². The van der Waals surface area contributed by atoms with Gasteiger partial charge in [-0.1, -0.05) is 216 Å². The second-order valence-corrected chi connectivity index (χ2v) is 16.7. The van der Waals surface area contributed by atoms with E-state index in [-0.39, 0.29) is 37.5 Å². The number of carbonyl (C=O) groups excluding carboxylic acids is 3. The van der Waals surface area contributed by atoms with Crippen LogP contribution in [0.15, 0.2) is 60.8 Å². The molecule has 0 aromatic rings.